The van der Waals surface area contributed by atoms with E-state index in [0.29, 0.717) is 5.92 Å². The van der Waals surface area contributed by atoms with Crippen LogP contribution in [0.25, 0.3) is 0 Å². The molecule has 0 aromatic carbocycles. The minimum atomic E-state index is 0.643. The average molecular weight is 381 g/mol. The van der Waals surface area contributed by atoms with Crippen molar-refractivity contribution in [1.29, 1.82) is 0 Å². The lowest BCUT2D eigenvalue weighted by Gasteiger charge is -2.15. The van der Waals surface area contributed by atoms with Crippen LogP contribution < -0.4 is 10.6 Å². The van der Waals surface area contributed by atoms with Gasteiger partial charge in [0.2, 0.25) is 0 Å². The molecule has 3 heteroatoms. The average Bonchev–Trinajstić information content (AvgIpc) is 2.52. The highest BCUT2D eigenvalue weighted by Crippen LogP contribution is 2.20. The van der Waals surface area contributed by atoms with Crippen LogP contribution in [0.15, 0.2) is 59.0 Å². The van der Waals surface area contributed by atoms with Crippen LogP contribution in [0.2, 0.25) is 0 Å². The summed E-state index contributed by atoms with van der Waals surface area (Å²) in [6.07, 6.45) is 13.4. The summed E-state index contributed by atoms with van der Waals surface area (Å²) in [7, 11) is 0. The zero-order chi connectivity index (χ0) is 17.7. The highest BCUT2D eigenvalue weighted by Gasteiger charge is 2.05. The first-order valence-corrected chi connectivity index (χ1v) is 9.39. The molecule has 0 radical (unpaired) electrons. The lowest BCUT2D eigenvalue weighted by Crippen LogP contribution is -2.21. The number of rotatable bonds is 12. The second-order valence-corrected chi connectivity index (χ2v) is 6.42. The maximum Gasteiger partial charge on any atom is 0.0541 e. The Balaban J connectivity index is 5.10. The quantitative estimate of drug-likeness (QED) is 0.395. The lowest BCUT2D eigenvalue weighted by molar-refractivity contribution is 0.530. The molecule has 2 N–H and O–H groups in total. The van der Waals surface area contributed by atoms with Gasteiger partial charge >= 0.3 is 0 Å². The molecule has 0 atom stereocenters. The molecule has 0 fully saturated rings. The van der Waals surface area contributed by atoms with Gasteiger partial charge in [0.1, 0.15) is 0 Å². The Morgan fingerprint density at radius 3 is 2.13 bits per heavy atom. The van der Waals surface area contributed by atoms with Crippen molar-refractivity contribution in [3.05, 3.63) is 59.0 Å². The standard InChI is InChI=1S/C20H33BrN2/c1-7-11-18(12-8-2)14-15-19(21)20(13-9-3)23-17(6)16(5)22-10-4/h9,13-15,18,22-23H,5-8,10-12H2,1-4H3/b13-9+,15-14-,20-19-. The Morgan fingerprint density at radius 2 is 1.65 bits per heavy atom. The number of likely N-dealkylation sites (N-methyl/N-ethyl adjacent to an activating group) is 1. The predicted octanol–water partition coefficient (Wildman–Crippen LogP) is 6.17. The molecule has 0 saturated carbocycles. The topological polar surface area (TPSA) is 24.1 Å². The van der Waals surface area contributed by atoms with Gasteiger partial charge in [-0.15, -0.1) is 0 Å². The normalized spacial score (nSPS) is 12.8. The SMILES string of the molecule is C=C(NCC)C(=C)NC(/C=C/C)=C(Br)/C=C\C(CCC)CCC. The summed E-state index contributed by atoms with van der Waals surface area (Å²) in [6, 6.07) is 0. The van der Waals surface area contributed by atoms with Crippen LogP contribution >= 0.6 is 15.9 Å². The van der Waals surface area contributed by atoms with Crippen molar-refractivity contribution in [3.63, 3.8) is 0 Å². The van der Waals surface area contributed by atoms with Crippen LogP contribution in [0.3, 0.4) is 0 Å². The van der Waals surface area contributed by atoms with Gasteiger partial charge in [0.05, 0.1) is 11.4 Å². The minimum Gasteiger partial charge on any atom is -0.384 e. The number of allylic oxidation sites excluding steroid dienone is 5. The molecule has 0 spiro atoms. The van der Waals surface area contributed by atoms with E-state index in [0.717, 1.165) is 28.1 Å². The number of halogens is 1. The zero-order valence-corrected chi connectivity index (χ0v) is 16.8. The maximum absolute atomic E-state index is 4.05. The second kappa shape index (κ2) is 13.2. The van der Waals surface area contributed by atoms with Crippen LogP contribution in [0.5, 0.6) is 0 Å². The summed E-state index contributed by atoms with van der Waals surface area (Å²) in [5, 5.41) is 6.51. The van der Waals surface area contributed by atoms with Gasteiger partial charge in [-0.05, 0) is 60.7 Å². The first kappa shape index (κ1) is 21.8. The van der Waals surface area contributed by atoms with Crippen LogP contribution in [0.4, 0.5) is 0 Å². The molecule has 0 aromatic rings. The van der Waals surface area contributed by atoms with Crippen molar-refractivity contribution in [3.8, 4) is 0 Å². The van der Waals surface area contributed by atoms with E-state index in [1.807, 2.05) is 26.0 Å². The molecule has 23 heavy (non-hydrogen) atoms. The van der Waals surface area contributed by atoms with Gasteiger partial charge in [-0.2, -0.15) is 0 Å². The van der Waals surface area contributed by atoms with E-state index < -0.39 is 0 Å². The van der Waals surface area contributed by atoms with E-state index in [1.54, 1.807) is 0 Å². The molecule has 0 rings (SSSR count). The fraction of sp³-hybridized carbons (Fsp3) is 0.500. The van der Waals surface area contributed by atoms with Crippen LogP contribution in [-0.2, 0) is 0 Å². The first-order chi connectivity index (χ1) is 11.0. The smallest absolute Gasteiger partial charge is 0.0541 e. The molecule has 0 saturated heterocycles. The second-order valence-electron chi connectivity index (χ2n) is 5.57. The Hall–Kier alpha value is -1.22. The zero-order valence-electron chi connectivity index (χ0n) is 15.2. The van der Waals surface area contributed by atoms with Gasteiger partial charge in [-0.25, -0.2) is 0 Å². The first-order valence-electron chi connectivity index (χ1n) is 8.59. The van der Waals surface area contributed by atoms with Crippen molar-refractivity contribution in [2.45, 2.75) is 53.4 Å². The van der Waals surface area contributed by atoms with Crippen LogP contribution in [-0.4, -0.2) is 6.54 Å². The predicted molar refractivity (Wildman–Crippen MR) is 108 cm³/mol. The largest absolute Gasteiger partial charge is 0.384 e. The fourth-order valence-corrected chi connectivity index (χ4v) is 2.68. The van der Waals surface area contributed by atoms with E-state index >= 15 is 0 Å². The molecule has 0 bridgehead atoms. The molecule has 0 aliphatic rings. The molecule has 0 aromatic heterocycles. The summed E-state index contributed by atoms with van der Waals surface area (Å²) in [4.78, 5) is 0. The Labute approximate surface area is 151 Å². The van der Waals surface area contributed by atoms with E-state index in [2.05, 4.69) is 65.7 Å². The number of hydrogen-bond donors (Lipinski definition) is 2. The van der Waals surface area contributed by atoms with Crippen LogP contribution in [0.1, 0.15) is 53.4 Å². The summed E-state index contributed by atoms with van der Waals surface area (Å²) in [6.45, 7) is 17.4. The molecule has 0 amide bonds. The highest BCUT2D eigenvalue weighted by atomic mass is 79.9. The summed E-state index contributed by atoms with van der Waals surface area (Å²) < 4.78 is 1.03. The van der Waals surface area contributed by atoms with E-state index in [9.17, 15) is 0 Å². The highest BCUT2D eigenvalue weighted by molar-refractivity contribution is 9.11. The molecular formula is C20H33BrN2. The molecule has 0 aliphatic heterocycles. The third-order valence-corrected chi connectivity index (χ3v) is 4.16. The summed E-state index contributed by atoms with van der Waals surface area (Å²) >= 11 is 3.68. The minimum absolute atomic E-state index is 0.643. The van der Waals surface area contributed by atoms with Gasteiger partial charge in [0.25, 0.3) is 0 Å². The van der Waals surface area contributed by atoms with Crippen molar-refractivity contribution < 1.29 is 0 Å². The number of hydrogen-bond acceptors (Lipinski definition) is 2. The summed E-state index contributed by atoms with van der Waals surface area (Å²) in [5.74, 6) is 0.643. The molecule has 0 aliphatic carbocycles. The summed E-state index contributed by atoms with van der Waals surface area (Å²) in [5.41, 5.74) is 2.58. The van der Waals surface area contributed by atoms with Gasteiger partial charge in [0.15, 0.2) is 0 Å². The molecular weight excluding hydrogens is 348 g/mol. The maximum atomic E-state index is 4.05. The van der Waals surface area contributed by atoms with E-state index in [4.69, 9.17) is 0 Å². The lowest BCUT2D eigenvalue weighted by atomic mass is 9.98. The monoisotopic (exact) mass is 380 g/mol. The molecule has 0 heterocycles. The Kier molecular flexibility index (Phi) is 12.5. The fourth-order valence-electron chi connectivity index (χ4n) is 2.29. The van der Waals surface area contributed by atoms with Gasteiger partial charge in [0, 0.05) is 16.7 Å². The van der Waals surface area contributed by atoms with E-state index in [-0.39, 0.29) is 0 Å². The third-order valence-electron chi connectivity index (χ3n) is 3.46. The van der Waals surface area contributed by atoms with Crippen molar-refractivity contribution in [2.75, 3.05) is 6.54 Å². The molecule has 130 valence electrons. The molecule has 0 unspecified atom stereocenters. The number of nitrogens with one attached hydrogen (secondary N) is 2. The van der Waals surface area contributed by atoms with Gasteiger partial charge in [-0.1, -0.05) is 52.0 Å². The van der Waals surface area contributed by atoms with Crippen molar-refractivity contribution >= 4 is 15.9 Å². The Bertz CT molecular complexity index is 452. The third kappa shape index (κ3) is 9.50. The Morgan fingerprint density at radius 1 is 1.04 bits per heavy atom. The van der Waals surface area contributed by atoms with Crippen molar-refractivity contribution in [2.24, 2.45) is 5.92 Å². The van der Waals surface area contributed by atoms with Crippen LogP contribution in [0, 0.1) is 5.92 Å². The molecule has 2 nitrogen and oxygen atoms in total. The van der Waals surface area contributed by atoms with Gasteiger partial charge in [-0.3, -0.25) is 0 Å². The van der Waals surface area contributed by atoms with Gasteiger partial charge < -0.3 is 10.6 Å². The van der Waals surface area contributed by atoms with E-state index in [1.165, 1.54) is 25.7 Å². The van der Waals surface area contributed by atoms with Crippen molar-refractivity contribution in [1.82, 2.24) is 10.6 Å².